The fraction of sp³-hybridized carbons (Fsp3) is 0.800. The predicted molar refractivity (Wildman–Crippen MR) is 65.5 cm³/mol. The molecule has 5 nitrogen and oxygen atoms in total. The second kappa shape index (κ2) is 6.51. The zero-order valence-electron chi connectivity index (χ0n) is 9.42. The third-order valence-electron chi connectivity index (χ3n) is 2.67. The normalized spacial score (nSPS) is 18.3. The summed E-state index contributed by atoms with van der Waals surface area (Å²) in [6.45, 7) is 0. The van der Waals surface area contributed by atoms with E-state index in [-0.39, 0.29) is 29.0 Å². The Balaban J connectivity index is 2.19. The molecular formula is C10H16O5S2. The average Bonchev–Trinajstić information content (AvgIpc) is 2.24. The first-order chi connectivity index (χ1) is 7.88. The van der Waals surface area contributed by atoms with Gasteiger partial charge in [0.2, 0.25) is 0 Å². The van der Waals surface area contributed by atoms with Crippen LogP contribution in [0.25, 0.3) is 0 Å². The molecule has 17 heavy (non-hydrogen) atoms. The maximum Gasteiger partial charge on any atom is 0.264 e. The third kappa shape index (κ3) is 6.18. The third-order valence-corrected chi connectivity index (χ3v) is 4.58. The minimum atomic E-state index is -3.92. The molecule has 0 aliphatic heterocycles. The molecule has 1 aliphatic carbocycles. The van der Waals surface area contributed by atoms with Gasteiger partial charge in [-0.05, 0) is 19.3 Å². The second-order valence-corrected chi connectivity index (χ2v) is 6.79. The number of hydrogen-bond donors (Lipinski definition) is 1. The van der Waals surface area contributed by atoms with Crippen LogP contribution in [0.15, 0.2) is 0 Å². The van der Waals surface area contributed by atoms with E-state index in [1.165, 1.54) is 0 Å². The Kier molecular flexibility index (Phi) is 5.61. The molecule has 0 saturated heterocycles. The van der Waals surface area contributed by atoms with Crippen LogP contribution in [0.3, 0.4) is 0 Å². The first kappa shape index (κ1) is 14.7. The first-order valence-corrected chi connectivity index (χ1v) is 8.11. The highest BCUT2D eigenvalue weighted by molar-refractivity contribution is 8.13. The summed E-state index contributed by atoms with van der Waals surface area (Å²) in [6.07, 6.45) is 2.44. The van der Waals surface area contributed by atoms with Gasteiger partial charge in [-0.1, -0.05) is 11.8 Å². The molecule has 1 saturated carbocycles. The molecule has 0 aromatic heterocycles. The highest BCUT2D eigenvalue weighted by Crippen LogP contribution is 2.26. The fourth-order valence-corrected chi connectivity index (χ4v) is 3.36. The minimum Gasteiger partial charge on any atom is -0.300 e. The van der Waals surface area contributed by atoms with Crippen LogP contribution in [0, 0.1) is 5.92 Å². The van der Waals surface area contributed by atoms with Gasteiger partial charge in [0.05, 0.1) is 5.75 Å². The van der Waals surface area contributed by atoms with Gasteiger partial charge in [-0.3, -0.25) is 14.1 Å². The summed E-state index contributed by atoms with van der Waals surface area (Å²) >= 11 is 1.10. The van der Waals surface area contributed by atoms with Gasteiger partial charge in [0.15, 0.2) is 5.12 Å². The van der Waals surface area contributed by atoms with E-state index >= 15 is 0 Å². The molecule has 1 aliphatic rings. The Labute approximate surface area is 105 Å². The fourth-order valence-electron chi connectivity index (χ4n) is 1.71. The van der Waals surface area contributed by atoms with Crippen molar-refractivity contribution in [3.8, 4) is 0 Å². The Hall–Kier alpha value is -0.400. The van der Waals surface area contributed by atoms with Crippen molar-refractivity contribution in [3.05, 3.63) is 0 Å². The molecule has 0 amide bonds. The van der Waals surface area contributed by atoms with Gasteiger partial charge in [0.25, 0.3) is 10.1 Å². The summed E-state index contributed by atoms with van der Waals surface area (Å²) in [4.78, 5) is 22.7. The second-order valence-electron chi connectivity index (χ2n) is 4.12. The number of Topliss-reactive ketones (excluding diaryl/α,β-unsaturated/α-hetero) is 1. The van der Waals surface area contributed by atoms with Gasteiger partial charge in [0.1, 0.15) is 5.78 Å². The van der Waals surface area contributed by atoms with E-state index in [4.69, 9.17) is 4.55 Å². The topological polar surface area (TPSA) is 88.5 Å². The van der Waals surface area contributed by atoms with E-state index < -0.39 is 10.1 Å². The molecule has 0 bridgehead atoms. The van der Waals surface area contributed by atoms with Gasteiger partial charge >= 0.3 is 0 Å². The van der Waals surface area contributed by atoms with E-state index in [9.17, 15) is 18.0 Å². The first-order valence-electron chi connectivity index (χ1n) is 5.52. The number of hydrogen-bond acceptors (Lipinski definition) is 5. The van der Waals surface area contributed by atoms with Crippen LogP contribution < -0.4 is 0 Å². The number of thioether (sulfide) groups is 1. The summed E-state index contributed by atoms with van der Waals surface area (Å²) in [6, 6.07) is 0. The van der Waals surface area contributed by atoms with E-state index in [1.54, 1.807) is 0 Å². The summed E-state index contributed by atoms with van der Waals surface area (Å²) in [5.74, 6) is 0.230. The molecule has 0 atom stereocenters. The van der Waals surface area contributed by atoms with Crippen LogP contribution in [0.5, 0.6) is 0 Å². The van der Waals surface area contributed by atoms with Crippen LogP contribution in [-0.4, -0.2) is 35.4 Å². The van der Waals surface area contributed by atoms with Crippen LogP contribution in [0.1, 0.15) is 32.1 Å². The zero-order chi connectivity index (χ0) is 12.9. The lowest BCUT2D eigenvalue weighted by Crippen LogP contribution is -2.20. The van der Waals surface area contributed by atoms with Crippen LogP contribution in [0.2, 0.25) is 0 Å². The Morgan fingerprint density at radius 3 is 2.47 bits per heavy atom. The lowest BCUT2D eigenvalue weighted by Gasteiger charge is -2.18. The van der Waals surface area contributed by atoms with Crippen molar-refractivity contribution in [3.63, 3.8) is 0 Å². The number of rotatable bonds is 5. The smallest absolute Gasteiger partial charge is 0.264 e. The Morgan fingerprint density at radius 2 is 1.94 bits per heavy atom. The molecule has 0 aromatic carbocycles. The predicted octanol–water partition coefficient (Wildman–Crippen LogP) is 1.28. The van der Waals surface area contributed by atoms with E-state index in [2.05, 4.69) is 0 Å². The van der Waals surface area contributed by atoms with Crippen molar-refractivity contribution in [1.29, 1.82) is 0 Å². The molecule has 0 spiro atoms. The minimum absolute atomic E-state index is 0.0350. The summed E-state index contributed by atoms with van der Waals surface area (Å²) < 4.78 is 29.4. The van der Waals surface area contributed by atoms with Crippen LogP contribution in [0.4, 0.5) is 0 Å². The lowest BCUT2D eigenvalue weighted by molar-refractivity contribution is -0.123. The van der Waals surface area contributed by atoms with E-state index in [0.29, 0.717) is 31.4 Å². The summed E-state index contributed by atoms with van der Waals surface area (Å²) in [5.41, 5.74) is 0. The van der Waals surface area contributed by atoms with Crippen LogP contribution in [-0.2, 0) is 19.7 Å². The number of carbonyl (C=O) groups is 2. The molecular weight excluding hydrogens is 264 g/mol. The summed E-state index contributed by atoms with van der Waals surface area (Å²) in [7, 11) is -3.92. The lowest BCUT2D eigenvalue weighted by atomic mass is 9.89. The Morgan fingerprint density at radius 1 is 1.35 bits per heavy atom. The van der Waals surface area contributed by atoms with Crippen LogP contribution >= 0.6 is 11.8 Å². The average molecular weight is 280 g/mol. The molecule has 1 rings (SSSR count). The van der Waals surface area contributed by atoms with Crippen molar-refractivity contribution in [2.24, 2.45) is 5.92 Å². The summed E-state index contributed by atoms with van der Waals surface area (Å²) in [5, 5.41) is 0.0350. The maximum absolute atomic E-state index is 11.7. The highest BCUT2D eigenvalue weighted by Gasteiger charge is 2.24. The molecule has 1 N–H and O–H groups in total. The molecule has 1 fully saturated rings. The largest absolute Gasteiger partial charge is 0.300 e. The monoisotopic (exact) mass is 280 g/mol. The molecule has 0 unspecified atom stereocenters. The molecule has 7 heteroatoms. The van der Waals surface area contributed by atoms with Crippen molar-refractivity contribution < 1.29 is 22.6 Å². The highest BCUT2D eigenvalue weighted by atomic mass is 32.2. The quantitative estimate of drug-likeness (QED) is 0.603. The van der Waals surface area contributed by atoms with Gasteiger partial charge in [-0.15, -0.1) is 0 Å². The molecule has 0 heterocycles. The van der Waals surface area contributed by atoms with Crippen molar-refractivity contribution in [2.75, 3.05) is 11.5 Å². The maximum atomic E-state index is 11.7. The van der Waals surface area contributed by atoms with Crippen molar-refractivity contribution in [2.45, 2.75) is 32.1 Å². The van der Waals surface area contributed by atoms with Gasteiger partial charge < -0.3 is 0 Å². The SMILES string of the molecule is O=C1CCC(C(=O)SCCCS(=O)(=O)O)CC1. The standard InChI is InChI=1S/C10H16O5S2/c11-9-4-2-8(3-5-9)10(12)16-6-1-7-17(13,14)15/h8H,1-7H2,(H,13,14,15). The number of carbonyl (C=O) groups excluding carboxylic acids is 2. The van der Waals surface area contributed by atoms with E-state index in [0.717, 1.165) is 11.8 Å². The molecule has 0 aromatic rings. The van der Waals surface area contributed by atoms with Crippen molar-refractivity contribution in [1.82, 2.24) is 0 Å². The molecule has 98 valence electrons. The van der Waals surface area contributed by atoms with Gasteiger partial charge in [0, 0.05) is 24.5 Å². The zero-order valence-corrected chi connectivity index (χ0v) is 11.1. The Bertz CT molecular complexity index is 378. The van der Waals surface area contributed by atoms with Crippen molar-refractivity contribution >= 4 is 32.8 Å². The molecule has 0 radical (unpaired) electrons. The van der Waals surface area contributed by atoms with Gasteiger partial charge in [-0.25, -0.2) is 0 Å². The number of ketones is 1. The van der Waals surface area contributed by atoms with Gasteiger partial charge in [-0.2, -0.15) is 8.42 Å². The van der Waals surface area contributed by atoms with E-state index in [1.807, 2.05) is 0 Å².